The summed E-state index contributed by atoms with van der Waals surface area (Å²) in [6.07, 6.45) is 0.303. The number of fused-ring (bicyclic) bond motifs is 1. The number of carbonyl (C=O) groups excluding carboxylic acids is 2. The third-order valence-electron chi connectivity index (χ3n) is 5.08. The lowest BCUT2D eigenvalue weighted by molar-refractivity contribution is -0.126. The van der Waals surface area contributed by atoms with E-state index < -0.39 is 16.1 Å². The average Bonchev–Trinajstić information content (AvgIpc) is 2.62. The zero-order valence-electron chi connectivity index (χ0n) is 16.6. The Hall–Kier alpha value is -2.13. The van der Waals surface area contributed by atoms with Gasteiger partial charge in [-0.1, -0.05) is 0 Å². The van der Waals surface area contributed by atoms with Crippen LogP contribution in [0, 0.1) is 12.8 Å². The highest BCUT2D eigenvalue weighted by Crippen LogP contribution is 2.36. The van der Waals surface area contributed by atoms with Gasteiger partial charge in [0.2, 0.25) is 15.9 Å². The van der Waals surface area contributed by atoms with Crippen molar-refractivity contribution in [3.8, 4) is 5.75 Å². The van der Waals surface area contributed by atoms with Gasteiger partial charge >= 0.3 is 0 Å². The highest BCUT2D eigenvalue weighted by atomic mass is 32.2. The minimum atomic E-state index is -3.72. The smallest absolute Gasteiger partial charge is 0.265 e. The molecule has 1 aromatic rings. The van der Waals surface area contributed by atoms with Crippen LogP contribution < -0.4 is 15.4 Å². The van der Waals surface area contributed by atoms with E-state index >= 15 is 0 Å². The molecule has 2 aliphatic rings. The number of carbonyl (C=O) groups is 2. The van der Waals surface area contributed by atoms with Crippen molar-refractivity contribution >= 4 is 27.5 Å². The second-order valence-electron chi connectivity index (χ2n) is 7.70. The molecule has 1 saturated heterocycles. The van der Waals surface area contributed by atoms with Gasteiger partial charge < -0.3 is 15.4 Å². The third-order valence-corrected chi connectivity index (χ3v) is 7.12. The first-order chi connectivity index (χ1) is 13.1. The molecule has 2 aliphatic heterocycles. The number of rotatable bonds is 4. The van der Waals surface area contributed by atoms with E-state index in [9.17, 15) is 18.0 Å². The number of piperidine rings is 1. The second-order valence-corrected chi connectivity index (χ2v) is 9.61. The zero-order chi connectivity index (χ0) is 20.6. The first kappa shape index (κ1) is 20.6. The van der Waals surface area contributed by atoms with Crippen LogP contribution in [-0.4, -0.2) is 49.8 Å². The summed E-state index contributed by atoms with van der Waals surface area (Å²) in [6, 6.07) is 3.16. The number of nitrogens with zero attached hydrogens (tertiary/aromatic N) is 1. The van der Waals surface area contributed by atoms with Crippen molar-refractivity contribution in [1.82, 2.24) is 9.62 Å². The van der Waals surface area contributed by atoms with Crippen molar-refractivity contribution in [1.29, 1.82) is 0 Å². The van der Waals surface area contributed by atoms with Crippen molar-refractivity contribution < 1.29 is 22.7 Å². The fraction of sp³-hybridized carbons (Fsp3) is 0.579. The molecule has 1 atom stereocenters. The average molecular weight is 410 g/mol. The summed E-state index contributed by atoms with van der Waals surface area (Å²) in [5.41, 5.74) is 1.01. The lowest BCUT2D eigenvalue weighted by atomic mass is 9.97. The first-order valence-electron chi connectivity index (χ1n) is 9.52. The highest BCUT2D eigenvalue weighted by Gasteiger charge is 2.34. The van der Waals surface area contributed by atoms with Gasteiger partial charge in [0.05, 0.1) is 10.6 Å². The van der Waals surface area contributed by atoms with Crippen LogP contribution in [0.5, 0.6) is 5.75 Å². The monoisotopic (exact) mass is 409 g/mol. The minimum Gasteiger partial charge on any atom is -0.479 e. The van der Waals surface area contributed by atoms with Crippen LogP contribution in [0.15, 0.2) is 17.0 Å². The van der Waals surface area contributed by atoms with E-state index in [0.717, 1.165) is 0 Å². The Balaban J connectivity index is 1.78. The summed E-state index contributed by atoms with van der Waals surface area (Å²) in [5, 5.41) is 5.62. The van der Waals surface area contributed by atoms with Crippen molar-refractivity contribution in [2.45, 2.75) is 57.6 Å². The van der Waals surface area contributed by atoms with Gasteiger partial charge in [-0.15, -0.1) is 0 Å². The van der Waals surface area contributed by atoms with E-state index in [1.165, 1.54) is 10.4 Å². The standard InChI is InChI=1S/C19H27N3O5S/c1-11(2)20-19(24)14-5-7-22(8-6-14)28(25,26)17-10-16-15(9-12(17)3)21-18(23)13(4)27-16/h9-11,13-14H,5-8H2,1-4H3,(H,20,24)(H,21,23). The summed E-state index contributed by atoms with van der Waals surface area (Å²) >= 11 is 0. The van der Waals surface area contributed by atoms with Gasteiger partial charge in [-0.2, -0.15) is 4.31 Å². The van der Waals surface area contributed by atoms with Gasteiger partial charge in [-0.25, -0.2) is 8.42 Å². The molecule has 0 aliphatic carbocycles. The maximum Gasteiger partial charge on any atom is 0.265 e. The highest BCUT2D eigenvalue weighted by molar-refractivity contribution is 7.89. The van der Waals surface area contributed by atoms with Gasteiger partial charge in [0.1, 0.15) is 5.75 Å². The van der Waals surface area contributed by atoms with Crippen LogP contribution in [0.2, 0.25) is 0 Å². The van der Waals surface area contributed by atoms with Gasteiger partial charge in [0.25, 0.3) is 5.91 Å². The molecule has 1 unspecified atom stereocenters. The van der Waals surface area contributed by atoms with E-state index in [1.54, 1.807) is 19.9 Å². The van der Waals surface area contributed by atoms with Crippen molar-refractivity contribution in [3.05, 3.63) is 17.7 Å². The largest absolute Gasteiger partial charge is 0.479 e. The molecule has 8 nitrogen and oxygen atoms in total. The predicted octanol–water partition coefficient (Wildman–Crippen LogP) is 1.64. The fourth-order valence-electron chi connectivity index (χ4n) is 3.52. The molecule has 0 bridgehead atoms. The lowest BCUT2D eigenvalue weighted by Crippen LogP contribution is -2.44. The van der Waals surface area contributed by atoms with E-state index in [0.29, 0.717) is 42.9 Å². The molecule has 0 saturated carbocycles. The number of benzene rings is 1. The molecular weight excluding hydrogens is 382 g/mol. The molecular formula is C19H27N3O5S. The Labute approximate surface area is 165 Å². The van der Waals surface area contributed by atoms with E-state index in [2.05, 4.69) is 10.6 Å². The minimum absolute atomic E-state index is 0.0184. The number of ether oxygens (including phenoxy) is 1. The molecule has 3 rings (SSSR count). The number of hydrogen-bond acceptors (Lipinski definition) is 5. The quantitative estimate of drug-likeness (QED) is 0.787. The van der Waals surface area contributed by atoms with Crippen LogP contribution in [0.25, 0.3) is 0 Å². The van der Waals surface area contributed by atoms with Crippen molar-refractivity contribution in [3.63, 3.8) is 0 Å². The number of anilines is 1. The maximum absolute atomic E-state index is 13.2. The zero-order valence-corrected chi connectivity index (χ0v) is 17.4. The maximum atomic E-state index is 13.2. The Bertz CT molecular complexity index is 889. The first-order valence-corrected chi connectivity index (χ1v) is 11.0. The number of nitrogens with one attached hydrogen (secondary N) is 2. The normalized spacial score (nSPS) is 21.0. The van der Waals surface area contributed by atoms with Crippen molar-refractivity contribution in [2.24, 2.45) is 5.92 Å². The van der Waals surface area contributed by atoms with Crippen LogP contribution >= 0.6 is 0 Å². The second kappa shape index (κ2) is 7.71. The molecule has 154 valence electrons. The lowest BCUT2D eigenvalue weighted by Gasteiger charge is -2.32. The summed E-state index contributed by atoms with van der Waals surface area (Å²) in [6.45, 7) is 7.70. The van der Waals surface area contributed by atoms with Gasteiger partial charge in [0.15, 0.2) is 6.10 Å². The number of aryl methyl sites for hydroxylation is 1. The number of amides is 2. The summed E-state index contributed by atoms with van der Waals surface area (Å²) < 4.78 is 33.3. The topological polar surface area (TPSA) is 105 Å². The van der Waals surface area contributed by atoms with Crippen LogP contribution in [0.3, 0.4) is 0 Å². The van der Waals surface area contributed by atoms with Crippen LogP contribution in [0.4, 0.5) is 5.69 Å². The number of hydrogen-bond donors (Lipinski definition) is 2. The Morgan fingerprint density at radius 2 is 1.93 bits per heavy atom. The summed E-state index contributed by atoms with van der Waals surface area (Å²) in [5.74, 6) is -0.0975. The molecule has 2 heterocycles. The Kier molecular flexibility index (Phi) is 5.67. The molecule has 9 heteroatoms. The molecule has 2 N–H and O–H groups in total. The molecule has 1 aromatic carbocycles. The van der Waals surface area contributed by atoms with Crippen LogP contribution in [0.1, 0.15) is 39.2 Å². The predicted molar refractivity (Wildman–Crippen MR) is 105 cm³/mol. The van der Waals surface area contributed by atoms with Gasteiger partial charge in [-0.05, 0) is 52.2 Å². The fourth-order valence-corrected chi connectivity index (χ4v) is 5.21. The molecule has 28 heavy (non-hydrogen) atoms. The van der Waals surface area contributed by atoms with Crippen molar-refractivity contribution in [2.75, 3.05) is 18.4 Å². The van der Waals surface area contributed by atoms with E-state index in [-0.39, 0.29) is 28.7 Å². The summed E-state index contributed by atoms with van der Waals surface area (Å²) in [7, 11) is -3.72. The van der Waals surface area contributed by atoms with Crippen LogP contribution in [-0.2, 0) is 19.6 Å². The van der Waals surface area contributed by atoms with E-state index in [1.807, 2.05) is 13.8 Å². The van der Waals surface area contributed by atoms with Gasteiger partial charge in [-0.3, -0.25) is 9.59 Å². The molecule has 0 radical (unpaired) electrons. The van der Waals surface area contributed by atoms with Gasteiger partial charge in [0, 0.05) is 31.1 Å². The Morgan fingerprint density at radius 1 is 1.29 bits per heavy atom. The molecule has 2 amide bonds. The third kappa shape index (κ3) is 4.00. The van der Waals surface area contributed by atoms with E-state index in [4.69, 9.17) is 4.74 Å². The Morgan fingerprint density at radius 3 is 2.54 bits per heavy atom. The summed E-state index contributed by atoms with van der Waals surface area (Å²) in [4.78, 5) is 24.1. The molecule has 1 fully saturated rings. The number of sulfonamides is 1. The SMILES string of the molecule is Cc1cc2c(cc1S(=O)(=O)N1CCC(C(=O)NC(C)C)CC1)OC(C)C(=O)N2. The molecule has 0 spiro atoms. The molecule has 0 aromatic heterocycles.